The molecule has 1 unspecified atom stereocenters. The van der Waals surface area contributed by atoms with E-state index in [2.05, 4.69) is 27.7 Å². The average Bonchev–Trinajstić information content (AvgIpc) is 2.21. The van der Waals surface area contributed by atoms with Gasteiger partial charge in [0, 0.05) is 6.54 Å². The van der Waals surface area contributed by atoms with Crippen LogP contribution in [0.25, 0.3) is 0 Å². The van der Waals surface area contributed by atoms with Crippen LogP contribution in [0.15, 0.2) is 0 Å². The van der Waals surface area contributed by atoms with Gasteiger partial charge in [0.15, 0.2) is 0 Å². The molecule has 1 aliphatic rings. The summed E-state index contributed by atoms with van der Waals surface area (Å²) in [5.41, 5.74) is 5.92. The van der Waals surface area contributed by atoms with Crippen LogP contribution in [0.5, 0.6) is 0 Å². The van der Waals surface area contributed by atoms with Crippen LogP contribution < -0.4 is 5.73 Å². The smallest absolute Gasteiger partial charge is 0.0807 e. The Labute approximate surface area is 101 Å². The van der Waals surface area contributed by atoms with Gasteiger partial charge < -0.3 is 10.5 Å². The Morgan fingerprint density at radius 1 is 1.25 bits per heavy atom. The number of ether oxygens (including phenoxy) is 1. The van der Waals surface area contributed by atoms with E-state index in [0.717, 1.165) is 25.2 Å². The van der Waals surface area contributed by atoms with Crippen LogP contribution in [0.4, 0.5) is 0 Å². The van der Waals surface area contributed by atoms with Crippen molar-refractivity contribution in [3.8, 4) is 0 Å². The maximum atomic E-state index is 6.26. The average molecular weight is 227 g/mol. The third kappa shape index (κ3) is 4.06. The third-order valence-corrected chi connectivity index (χ3v) is 3.81. The second-order valence-corrected chi connectivity index (χ2v) is 6.13. The van der Waals surface area contributed by atoms with Crippen molar-refractivity contribution in [3.05, 3.63) is 0 Å². The van der Waals surface area contributed by atoms with Crippen LogP contribution in [0, 0.1) is 11.8 Å². The minimum atomic E-state index is -0.0131. The molecule has 0 radical (unpaired) electrons. The zero-order valence-corrected chi connectivity index (χ0v) is 11.5. The lowest BCUT2D eigenvalue weighted by atomic mass is 9.79. The Bertz CT molecular complexity index is 195. The summed E-state index contributed by atoms with van der Waals surface area (Å²) in [5.74, 6) is 1.55. The van der Waals surface area contributed by atoms with E-state index in [4.69, 9.17) is 10.5 Å². The monoisotopic (exact) mass is 227 g/mol. The van der Waals surface area contributed by atoms with Crippen molar-refractivity contribution in [1.82, 2.24) is 0 Å². The van der Waals surface area contributed by atoms with Crippen LogP contribution in [-0.2, 0) is 4.74 Å². The topological polar surface area (TPSA) is 35.2 Å². The van der Waals surface area contributed by atoms with Crippen LogP contribution in [0.3, 0.4) is 0 Å². The molecule has 0 spiro atoms. The van der Waals surface area contributed by atoms with Crippen LogP contribution in [0.1, 0.15) is 59.8 Å². The van der Waals surface area contributed by atoms with E-state index in [9.17, 15) is 0 Å². The summed E-state index contributed by atoms with van der Waals surface area (Å²) in [6, 6.07) is 0. The summed E-state index contributed by atoms with van der Waals surface area (Å²) in [6.07, 6.45) is 6.31. The maximum absolute atomic E-state index is 6.26. The van der Waals surface area contributed by atoms with Crippen molar-refractivity contribution >= 4 is 0 Å². The fourth-order valence-corrected chi connectivity index (χ4v) is 2.80. The SMILES string of the molecule is CC(C)CC(C)OC1(CN)CCC(C)CC1. The number of hydrogen-bond acceptors (Lipinski definition) is 2. The molecule has 0 aromatic rings. The first-order chi connectivity index (χ1) is 7.47. The number of nitrogens with two attached hydrogens (primary N) is 1. The summed E-state index contributed by atoms with van der Waals surface area (Å²) in [5, 5.41) is 0. The molecule has 0 aromatic heterocycles. The second kappa shape index (κ2) is 6.02. The minimum absolute atomic E-state index is 0.0131. The quantitative estimate of drug-likeness (QED) is 0.781. The van der Waals surface area contributed by atoms with Gasteiger partial charge in [0.05, 0.1) is 11.7 Å². The molecule has 0 saturated heterocycles. The van der Waals surface area contributed by atoms with Gasteiger partial charge in [-0.15, -0.1) is 0 Å². The number of rotatable bonds is 5. The molecule has 96 valence electrons. The molecular formula is C14H29NO. The fraction of sp³-hybridized carbons (Fsp3) is 1.00. The normalized spacial score (nSPS) is 33.0. The molecule has 16 heavy (non-hydrogen) atoms. The molecule has 1 saturated carbocycles. The molecule has 1 fully saturated rings. The highest BCUT2D eigenvalue weighted by atomic mass is 16.5. The number of hydrogen-bond donors (Lipinski definition) is 1. The first-order valence-electron chi connectivity index (χ1n) is 6.85. The first kappa shape index (κ1) is 14.0. The van der Waals surface area contributed by atoms with Crippen molar-refractivity contribution in [1.29, 1.82) is 0 Å². The largest absolute Gasteiger partial charge is 0.371 e. The van der Waals surface area contributed by atoms with Crippen molar-refractivity contribution in [2.24, 2.45) is 17.6 Å². The van der Waals surface area contributed by atoms with Crippen molar-refractivity contribution in [3.63, 3.8) is 0 Å². The van der Waals surface area contributed by atoms with Gasteiger partial charge in [-0.25, -0.2) is 0 Å². The molecule has 1 rings (SSSR count). The van der Waals surface area contributed by atoms with Gasteiger partial charge in [0.25, 0.3) is 0 Å². The van der Waals surface area contributed by atoms with Gasteiger partial charge >= 0.3 is 0 Å². The first-order valence-corrected chi connectivity index (χ1v) is 6.85. The van der Waals surface area contributed by atoms with E-state index in [0.29, 0.717) is 18.6 Å². The highest BCUT2D eigenvalue weighted by Crippen LogP contribution is 2.35. The van der Waals surface area contributed by atoms with Crippen LogP contribution in [0.2, 0.25) is 0 Å². The van der Waals surface area contributed by atoms with Crippen LogP contribution in [-0.4, -0.2) is 18.2 Å². The molecule has 2 heteroatoms. The van der Waals surface area contributed by atoms with Gasteiger partial charge in [0.1, 0.15) is 0 Å². The molecular weight excluding hydrogens is 198 g/mol. The van der Waals surface area contributed by atoms with Crippen molar-refractivity contribution in [2.45, 2.75) is 71.5 Å². The zero-order valence-electron chi connectivity index (χ0n) is 11.5. The lowest BCUT2D eigenvalue weighted by Gasteiger charge is -2.40. The molecule has 0 heterocycles. The van der Waals surface area contributed by atoms with E-state index in [-0.39, 0.29) is 5.60 Å². The molecule has 0 aromatic carbocycles. The van der Waals surface area contributed by atoms with E-state index in [1.165, 1.54) is 12.8 Å². The summed E-state index contributed by atoms with van der Waals surface area (Å²) in [7, 11) is 0. The van der Waals surface area contributed by atoms with E-state index in [1.807, 2.05) is 0 Å². The van der Waals surface area contributed by atoms with Gasteiger partial charge in [-0.2, -0.15) is 0 Å². The van der Waals surface area contributed by atoms with Gasteiger partial charge in [-0.05, 0) is 50.9 Å². The van der Waals surface area contributed by atoms with E-state index < -0.39 is 0 Å². The van der Waals surface area contributed by atoms with Gasteiger partial charge in [-0.1, -0.05) is 20.8 Å². The highest BCUT2D eigenvalue weighted by molar-refractivity contribution is 4.88. The standard InChI is InChI=1S/C14H29NO/c1-11(2)9-13(4)16-14(10-15)7-5-12(3)6-8-14/h11-13H,5-10,15H2,1-4H3. The van der Waals surface area contributed by atoms with Crippen molar-refractivity contribution in [2.75, 3.05) is 6.54 Å². The molecule has 1 aliphatic carbocycles. The van der Waals surface area contributed by atoms with E-state index in [1.54, 1.807) is 0 Å². The Morgan fingerprint density at radius 2 is 1.81 bits per heavy atom. The molecule has 2 N–H and O–H groups in total. The molecule has 0 bridgehead atoms. The Morgan fingerprint density at radius 3 is 2.25 bits per heavy atom. The minimum Gasteiger partial charge on any atom is -0.371 e. The Kier molecular flexibility index (Phi) is 5.26. The van der Waals surface area contributed by atoms with E-state index >= 15 is 0 Å². The summed E-state index contributed by atoms with van der Waals surface area (Å²) in [4.78, 5) is 0. The molecule has 0 aliphatic heterocycles. The Hall–Kier alpha value is -0.0800. The fourth-order valence-electron chi connectivity index (χ4n) is 2.80. The lowest BCUT2D eigenvalue weighted by Crippen LogP contribution is -2.45. The second-order valence-electron chi connectivity index (χ2n) is 6.13. The maximum Gasteiger partial charge on any atom is 0.0807 e. The lowest BCUT2D eigenvalue weighted by molar-refractivity contribution is -0.111. The third-order valence-electron chi connectivity index (χ3n) is 3.81. The summed E-state index contributed by atoms with van der Waals surface area (Å²) < 4.78 is 6.26. The van der Waals surface area contributed by atoms with Crippen LogP contribution >= 0.6 is 0 Å². The van der Waals surface area contributed by atoms with Crippen molar-refractivity contribution < 1.29 is 4.74 Å². The summed E-state index contributed by atoms with van der Waals surface area (Å²) >= 11 is 0. The van der Waals surface area contributed by atoms with Gasteiger partial charge in [0.2, 0.25) is 0 Å². The molecule has 1 atom stereocenters. The van der Waals surface area contributed by atoms with Gasteiger partial charge in [-0.3, -0.25) is 0 Å². The predicted octanol–water partition coefficient (Wildman–Crippen LogP) is 3.35. The predicted molar refractivity (Wildman–Crippen MR) is 69.4 cm³/mol. The Balaban J connectivity index is 2.47. The zero-order chi connectivity index (χ0) is 12.2. The summed E-state index contributed by atoms with van der Waals surface area (Å²) in [6.45, 7) is 9.70. The molecule has 0 amide bonds. The highest BCUT2D eigenvalue weighted by Gasteiger charge is 2.35. The molecule has 2 nitrogen and oxygen atoms in total.